The molecule has 246 valence electrons. The number of nitrogens with one attached hydrogen (secondary N) is 4. The third-order valence-corrected chi connectivity index (χ3v) is 8.15. The summed E-state index contributed by atoms with van der Waals surface area (Å²) in [7, 11) is 4.70. The minimum atomic E-state index is -0.375. The van der Waals surface area contributed by atoms with Crippen molar-refractivity contribution in [3.63, 3.8) is 0 Å². The summed E-state index contributed by atoms with van der Waals surface area (Å²) in [5.41, 5.74) is 5.05. The number of carbonyl (C=O) groups is 2. The number of fused-ring (bicyclic) bond motifs is 3. The maximum absolute atomic E-state index is 13.5. The van der Waals surface area contributed by atoms with Crippen molar-refractivity contribution in [3.8, 4) is 39.8 Å². The zero-order valence-electron chi connectivity index (χ0n) is 27.1. The first kappa shape index (κ1) is 33.0. The Balaban J connectivity index is 1.26. The van der Waals surface area contributed by atoms with Gasteiger partial charge in [0.15, 0.2) is 17.3 Å². The summed E-state index contributed by atoms with van der Waals surface area (Å²) in [5, 5.41) is 15.9. The molecule has 1 heterocycles. The van der Waals surface area contributed by atoms with Crippen molar-refractivity contribution < 1.29 is 23.8 Å². The van der Waals surface area contributed by atoms with Crippen LogP contribution in [-0.4, -0.2) is 54.9 Å². The number of aromatic nitrogens is 3. The fourth-order valence-corrected chi connectivity index (χ4v) is 5.98. The maximum Gasteiger partial charge on any atom is 0.224 e. The van der Waals surface area contributed by atoms with Crippen LogP contribution in [0.5, 0.6) is 17.2 Å². The SMILES string of the molecule is COc1cc2c(c(OC)c1OC)-c1ccc(NCCCCCC(=O)Nc3cccc(-c4ncn[nH]4)c3)c(=O)cc1[C@H](NC(C)=O)CC2. The Kier molecular flexibility index (Phi) is 10.7. The van der Waals surface area contributed by atoms with E-state index in [4.69, 9.17) is 14.2 Å². The second kappa shape index (κ2) is 15.3. The molecular weight excluding hydrogens is 600 g/mol. The largest absolute Gasteiger partial charge is 0.493 e. The number of hydrogen-bond acceptors (Lipinski definition) is 9. The maximum atomic E-state index is 13.5. The van der Waals surface area contributed by atoms with E-state index in [-0.39, 0.29) is 23.3 Å². The van der Waals surface area contributed by atoms with Gasteiger partial charge in [0.2, 0.25) is 23.0 Å². The predicted octanol–water partition coefficient (Wildman–Crippen LogP) is 5.26. The number of amides is 2. The third kappa shape index (κ3) is 7.71. The van der Waals surface area contributed by atoms with Crippen LogP contribution in [-0.2, 0) is 16.0 Å². The Bertz CT molecular complexity index is 1790. The Hall–Kier alpha value is -5.39. The van der Waals surface area contributed by atoms with Gasteiger partial charge in [-0.2, -0.15) is 5.10 Å². The number of H-pyrrole nitrogens is 1. The molecule has 0 aliphatic heterocycles. The minimum Gasteiger partial charge on any atom is -0.493 e. The molecule has 3 aromatic carbocycles. The van der Waals surface area contributed by atoms with Crippen molar-refractivity contribution in [1.29, 1.82) is 0 Å². The fraction of sp³-hybridized carbons (Fsp3) is 0.343. The van der Waals surface area contributed by atoms with Crippen LogP contribution in [0.2, 0.25) is 0 Å². The van der Waals surface area contributed by atoms with Crippen molar-refractivity contribution in [2.45, 2.75) is 51.5 Å². The van der Waals surface area contributed by atoms with Crippen LogP contribution >= 0.6 is 0 Å². The number of aromatic amines is 1. The molecule has 2 amide bonds. The van der Waals surface area contributed by atoms with Gasteiger partial charge in [-0.1, -0.05) is 24.6 Å². The van der Waals surface area contributed by atoms with Crippen LogP contribution in [0.3, 0.4) is 0 Å². The van der Waals surface area contributed by atoms with E-state index in [0.717, 1.165) is 35.1 Å². The molecule has 0 fully saturated rings. The highest BCUT2D eigenvalue weighted by Gasteiger charge is 2.29. The quantitative estimate of drug-likeness (QED) is 0.143. The summed E-state index contributed by atoms with van der Waals surface area (Å²) in [4.78, 5) is 42.4. The molecule has 4 N–H and O–H groups in total. The predicted molar refractivity (Wildman–Crippen MR) is 180 cm³/mol. The molecule has 0 spiro atoms. The summed E-state index contributed by atoms with van der Waals surface area (Å²) in [6, 6.07) is 14.3. The summed E-state index contributed by atoms with van der Waals surface area (Å²) < 4.78 is 17.1. The van der Waals surface area contributed by atoms with Gasteiger partial charge in [0, 0.05) is 36.7 Å². The second-order valence-corrected chi connectivity index (χ2v) is 11.3. The molecule has 12 heteroatoms. The summed E-state index contributed by atoms with van der Waals surface area (Å²) in [6.45, 7) is 2.03. The number of carbonyl (C=O) groups excluding carboxylic acids is 2. The normalized spacial score (nSPS) is 13.4. The van der Waals surface area contributed by atoms with Gasteiger partial charge in [0.1, 0.15) is 6.33 Å². The van der Waals surface area contributed by atoms with Gasteiger partial charge in [0.25, 0.3) is 0 Å². The van der Waals surface area contributed by atoms with Crippen molar-refractivity contribution in [3.05, 3.63) is 76.2 Å². The molecule has 0 saturated heterocycles. The average Bonchev–Trinajstić information content (AvgIpc) is 3.51. The number of unbranched alkanes of at least 4 members (excludes halogenated alkanes) is 2. The van der Waals surface area contributed by atoms with Crippen molar-refractivity contribution in [1.82, 2.24) is 20.5 Å². The second-order valence-electron chi connectivity index (χ2n) is 11.3. The highest BCUT2D eigenvalue weighted by atomic mass is 16.5. The molecule has 47 heavy (non-hydrogen) atoms. The molecule has 1 atom stereocenters. The molecule has 5 rings (SSSR count). The number of methoxy groups -OCH3 is 3. The topological polar surface area (TPSA) is 157 Å². The molecule has 4 aromatic rings. The Morgan fingerprint density at radius 2 is 1.81 bits per heavy atom. The lowest BCUT2D eigenvalue weighted by atomic mass is 9.95. The Labute approximate surface area is 273 Å². The molecule has 1 aromatic heterocycles. The zero-order chi connectivity index (χ0) is 33.3. The van der Waals surface area contributed by atoms with E-state index < -0.39 is 0 Å². The van der Waals surface area contributed by atoms with Crippen LogP contribution in [0.15, 0.2) is 59.7 Å². The molecule has 0 unspecified atom stereocenters. The number of hydrogen-bond donors (Lipinski definition) is 4. The Morgan fingerprint density at radius 1 is 0.979 bits per heavy atom. The fourth-order valence-electron chi connectivity index (χ4n) is 5.98. The third-order valence-electron chi connectivity index (χ3n) is 8.15. The van der Waals surface area contributed by atoms with E-state index >= 15 is 0 Å². The molecule has 0 saturated carbocycles. The first-order valence-corrected chi connectivity index (χ1v) is 15.6. The summed E-state index contributed by atoms with van der Waals surface area (Å²) >= 11 is 0. The van der Waals surface area contributed by atoms with Gasteiger partial charge in [0.05, 0.1) is 33.1 Å². The van der Waals surface area contributed by atoms with Crippen LogP contribution in [0.25, 0.3) is 22.5 Å². The van der Waals surface area contributed by atoms with Crippen LogP contribution in [0, 0.1) is 0 Å². The van der Waals surface area contributed by atoms with Crippen LogP contribution in [0.1, 0.15) is 56.2 Å². The number of nitrogens with zero attached hydrogens (tertiary/aromatic N) is 2. The van der Waals surface area contributed by atoms with Gasteiger partial charge in [-0.25, -0.2) is 4.98 Å². The van der Waals surface area contributed by atoms with E-state index in [1.54, 1.807) is 33.5 Å². The number of rotatable bonds is 13. The van der Waals surface area contributed by atoms with Crippen molar-refractivity contribution >= 4 is 23.2 Å². The number of benzene rings is 2. The van der Waals surface area contributed by atoms with Crippen molar-refractivity contribution in [2.24, 2.45) is 0 Å². The van der Waals surface area contributed by atoms with E-state index in [0.29, 0.717) is 72.2 Å². The van der Waals surface area contributed by atoms with Gasteiger partial charge in [-0.05, 0) is 72.7 Å². The van der Waals surface area contributed by atoms with Crippen LogP contribution < -0.4 is 35.6 Å². The molecule has 0 bridgehead atoms. The van der Waals surface area contributed by atoms with Crippen LogP contribution in [0.4, 0.5) is 11.4 Å². The van der Waals surface area contributed by atoms with Crippen molar-refractivity contribution in [2.75, 3.05) is 38.5 Å². The summed E-state index contributed by atoms with van der Waals surface area (Å²) in [6.07, 6.45) is 5.32. The molecule has 1 aliphatic rings. The van der Waals surface area contributed by atoms with E-state index in [1.165, 1.54) is 13.3 Å². The molecular formula is C35H40N6O6. The van der Waals surface area contributed by atoms with E-state index in [1.807, 2.05) is 36.4 Å². The highest BCUT2D eigenvalue weighted by Crippen LogP contribution is 2.50. The first-order valence-electron chi connectivity index (χ1n) is 15.6. The first-order chi connectivity index (χ1) is 22.8. The zero-order valence-corrected chi connectivity index (χ0v) is 27.1. The van der Waals surface area contributed by atoms with Gasteiger partial charge in [-0.3, -0.25) is 19.5 Å². The standard InChI is InChI=1S/C35H40N6O6/c1-21(42)39-27-14-12-22-18-30(45-2)33(46-3)34(47-4)32(22)25-13-15-28(29(43)19-26(25)27)36-16-7-5-6-11-31(44)40-24-10-8-9-23(17-24)35-37-20-38-41-35/h8-10,13,15,17-20,27H,5-7,11-12,14,16H2,1-4H3,(H,36,43)(H,39,42)(H,40,44)(H,37,38,41)/t27-/m1/s1. The highest BCUT2D eigenvalue weighted by molar-refractivity contribution is 5.91. The molecule has 1 aliphatic carbocycles. The Morgan fingerprint density at radius 3 is 2.53 bits per heavy atom. The number of ether oxygens (including phenoxy) is 3. The lowest BCUT2D eigenvalue weighted by Crippen LogP contribution is -2.26. The van der Waals surface area contributed by atoms with E-state index in [9.17, 15) is 14.4 Å². The molecule has 12 nitrogen and oxygen atoms in total. The van der Waals surface area contributed by atoms with Gasteiger partial charge >= 0.3 is 0 Å². The number of aryl methyl sites for hydroxylation is 1. The van der Waals surface area contributed by atoms with Gasteiger partial charge in [-0.15, -0.1) is 0 Å². The smallest absolute Gasteiger partial charge is 0.224 e. The van der Waals surface area contributed by atoms with E-state index in [2.05, 4.69) is 31.1 Å². The van der Waals surface area contributed by atoms with Gasteiger partial charge < -0.3 is 30.2 Å². The average molecular weight is 641 g/mol. The minimum absolute atomic E-state index is 0.0650. The monoisotopic (exact) mass is 640 g/mol. The lowest BCUT2D eigenvalue weighted by Gasteiger charge is -2.19. The summed E-state index contributed by atoms with van der Waals surface area (Å²) in [5.74, 6) is 1.90. The molecule has 0 radical (unpaired) electrons. The lowest BCUT2D eigenvalue weighted by molar-refractivity contribution is -0.119. The number of anilines is 2.